The van der Waals surface area contributed by atoms with Crippen molar-refractivity contribution >= 4 is 11.9 Å². The van der Waals surface area contributed by atoms with Crippen LogP contribution in [0.3, 0.4) is 0 Å². The summed E-state index contributed by atoms with van der Waals surface area (Å²) in [5.41, 5.74) is 0.809. The molecule has 0 saturated carbocycles. The maximum absolute atomic E-state index is 13.1. The Hall–Kier alpha value is -2.89. The van der Waals surface area contributed by atoms with Gasteiger partial charge in [0.05, 0.1) is 7.11 Å². The minimum absolute atomic E-state index is 0.0750. The van der Waals surface area contributed by atoms with Crippen molar-refractivity contribution in [3.05, 3.63) is 65.5 Å². The van der Waals surface area contributed by atoms with Gasteiger partial charge in [-0.25, -0.2) is 9.18 Å². The van der Waals surface area contributed by atoms with E-state index in [2.05, 4.69) is 5.32 Å². The molecule has 0 aliphatic carbocycles. The number of rotatable bonds is 6. The van der Waals surface area contributed by atoms with E-state index in [0.29, 0.717) is 5.75 Å². The highest BCUT2D eigenvalue weighted by molar-refractivity contribution is 5.96. The zero-order valence-corrected chi connectivity index (χ0v) is 12.5. The van der Waals surface area contributed by atoms with E-state index >= 15 is 0 Å². The molecule has 120 valence electrons. The zero-order valence-electron chi connectivity index (χ0n) is 12.5. The normalized spacial score (nSPS) is 11.6. The van der Waals surface area contributed by atoms with Crippen molar-refractivity contribution in [2.45, 2.75) is 12.5 Å². The molecule has 0 radical (unpaired) electrons. The number of carboxylic acid groups (broad SMARTS) is 1. The van der Waals surface area contributed by atoms with Crippen LogP contribution in [-0.4, -0.2) is 30.1 Å². The Morgan fingerprint density at radius 2 is 1.91 bits per heavy atom. The highest BCUT2D eigenvalue weighted by Crippen LogP contribution is 2.13. The number of ether oxygens (including phenoxy) is 1. The number of benzene rings is 2. The van der Waals surface area contributed by atoms with Gasteiger partial charge in [-0.2, -0.15) is 0 Å². The molecule has 0 aliphatic rings. The summed E-state index contributed by atoms with van der Waals surface area (Å²) >= 11 is 0. The minimum atomic E-state index is -1.16. The summed E-state index contributed by atoms with van der Waals surface area (Å²) < 4.78 is 18.2. The molecule has 0 fully saturated rings. The first kappa shape index (κ1) is 16.5. The van der Waals surface area contributed by atoms with Gasteiger partial charge in [-0.15, -0.1) is 0 Å². The predicted molar refractivity (Wildman–Crippen MR) is 82.0 cm³/mol. The van der Waals surface area contributed by atoms with Crippen LogP contribution in [0.5, 0.6) is 5.75 Å². The average Bonchev–Trinajstić information content (AvgIpc) is 2.54. The number of carboxylic acids is 1. The third kappa shape index (κ3) is 4.54. The molecular formula is C17H16FNO4. The van der Waals surface area contributed by atoms with Crippen molar-refractivity contribution in [3.63, 3.8) is 0 Å². The molecule has 0 bridgehead atoms. The predicted octanol–water partition coefficient (Wildman–Crippen LogP) is 2.26. The Balaban J connectivity index is 2.09. The van der Waals surface area contributed by atoms with Gasteiger partial charge < -0.3 is 15.2 Å². The fraction of sp³-hybridized carbons (Fsp3) is 0.176. The molecule has 2 N–H and O–H groups in total. The van der Waals surface area contributed by atoms with Gasteiger partial charge in [0.15, 0.2) is 0 Å². The fourth-order valence-corrected chi connectivity index (χ4v) is 2.07. The number of methoxy groups -OCH3 is 1. The highest BCUT2D eigenvalue weighted by atomic mass is 19.1. The Morgan fingerprint density at radius 3 is 2.48 bits per heavy atom. The fourth-order valence-electron chi connectivity index (χ4n) is 2.07. The van der Waals surface area contributed by atoms with Crippen LogP contribution in [0.2, 0.25) is 0 Å². The van der Waals surface area contributed by atoms with Crippen molar-refractivity contribution in [1.82, 2.24) is 5.32 Å². The minimum Gasteiger partial charge on any atom is -0.497 e. The average molecular weight is 317 g/mol. The van der Waals surface area contributed by atoms with Crippen LogP contribution in [-0.2, 0) is 11.2 Å². The molecule has 2 aromatic rings. The van der Waals surface area contributed by atoms with E-state index < -0.39 is 23.7 Å². The number of amides is 1. The lowest BCUT2D eigenvalue weighted by molar-refractivity contribution is -0.139. The third-order valence-corrected chi connectivity index (χ3v) is 3.29. The van der Waals surface area contributed by atoms with Gasteiger partial charge in [0.2, 0.25) is 0 Å². The zero-order chi connectivity index (χ0) is 16.8. The molecule has 1 amide bonds. The second-order valence-corrected chi connectivity index (χ2v) is 4.93. The standard InChI is InChI=1S/C17H16FNO4/c1-23-14-7-5-11(6-8-14)9-15(17(21)22)19-16(20)12-3-2-4-13(18)10-12/h2-8,10,15H,9H2,1H3,(H,19,20)(H,21,22)/t15-/m0/s1. The van der Waals surface area contributed by atoms with Gasteiger partial charge in [0, 0.05) is 12.0 Å². The lowest BCUT2D eigenvalue weighted by Gasteiger charge is -2.15. The van der Waals surface area contributed by atoms with Crippen LogP contribution in [0.1, 0.15) is 15.9 Å². The quantitative estimate of drug-likeness (QED) is 0.857. The summed E-state index contributed by atoms with van der Waals surface area (Å²) in [5, 5.41) is 11.7. The van der Waals surface area contributed by atoms with E-state index in [1.165, 1.54) is 25.3 Å². The Kier molecular flexibility index (Phi) is 5.30. The number of carbonyl (C=O) groups is 2. The summed E-state index contributed by atoms with van der Waals surface area (Å²) in [5.74, 6) is -1.69. The van der Waals surface area contributed by atoms with Crippen LogP contribution in [0.15, 0.2) is 48.5 Å². The molecule has 2 aromatic carbocycles. The second-order valence-electron chi connectivity index (χ2n) is 4.93. The lowest BCUT2D eigenvalue weighted by Crippen LogP contribution is -2.42. The van der Waals surface area contributed by atoms with Crippen molar-refractivity contribution in [3.8, 4) is 5.75 Å². The number of hydrogen-bond acceptors (Lipinski definition) is 3. The molecule has 0 unspecified atom stereocenters. The molecular weight excluding hydrogens is 301 g/mol. The number of halogens is 1. The Morgan fingerprint density at radius 1 is 1.22 bits per heavy atom. The Bertz CT molecular complexity index is 700. The maximum atomic E-state index is 13.1. The van der Waals surface area contributed by atoms with E-state index in [4.69, 9.17) is 4.74 Å². The van der Waals surface area contributed by atoms with Crippen LogP contribution in [0, 0.1) is 5.82 Å². The molecule has 0 spiro atoms. The van der Waals surface area contributed by atoms with Crippen LogP contribution in [0.25, 0.3) is 0 Å². The number of carbonyl (C=O) groups excluding carboxylic acids is 1. The van der Waals surface area contributed by atoms with Crippen LogP contribution in [0.4, 0.5) is 4.39 Å². The maximum Gasteiger partial charge on any atom is 0.326 e. The Labute approximate surface area is 132 Å². The molecule has 0 heterocycles. The molecule has 6 heteroatoms. The van der Waals surface area contributed by atoms with Crippen LogP contribution < -0.4 is 10.1 Å². The summed E-state index contributed by atoms with van der Waals surface area (Å²) in [7, 11) is 1.54. The second kappa shape index (κ2) is 7.40. The van der Waals surface area contributed by atoms with Gasteiger partial charge in [-0.1, -0.05) is 18.2 Å². The van der Waals surface area contributed by atoms with Gasteiger partial charge in [0.1, 0.15) is 17.6 Å². The first-order valence-electron chi connectivity index (χ1n) is 6.92. The number of hydrogen-bond donors (Lipinski definition) is 2. The van der Waals surface area contributed by atoms with E-state index in [-0.39, 0.29) is 12.0 Å². The van der Waals surface area contributed by atoms with Gasteiger partial charge in [-0.05, 0) is 35.9 Å². The summed E-state index contributed by atoms with van der Waals surface area (Å²) in [6.45, 7) is 0. The topological polar surface area (TPSA) is 75.6 Å². The van der Waals surface area contributed by atoms with E-state index in [0.717, 1.165) is 11.6 Å². The SMILES string of the molecule is COc1ccc(C[C@H](NC(=O)c2cccc(F)c2)C(=O)O)cc1. The van der Waals surface area contributed by atoms with E-state index in [1.54, 1.807) is 24.3 Å². The van der Waals surface area contributed by atoms with Crippen molar-refractivity contribution in [2.24, 2.45) is 0 Å². The molecule has 2 rings (SSSR count). The van der Waals surface area contributed by atoms with Gasteiger partial charge in [-0.3, -0.25) is 4.79 Å². The van der Waals surface area contributed by atoms with Crippen LogP contribution >= 0.6 is 0 Å². The number of nitrogens with one attached hydrogen (secondary N) is 1. The van der Waals surface area contributed by atoms with Gasteiger partial charge >= 0.3 is 5.97 Å². The first-order valence-corrected chi connectivity index (χ1v) is 6.92. The highest BCUT2D eigenvalue weighted by Gasteiger charge is 2.21. The summed E-state index contributed by atoms with van der Waals surface area (Å²) in [4.78, 5) is 23.4. The lowest BCUT2D eigenvalue weighted by atomic mass is 10.1. The molecule has 0 saturated heterocycles. The van der Waals surface area contributed by atoms with Gasteiger partial charge in [0.25, 0.3) is 5.91 Å². The van der Waals surface area contributed by atoms with E-state index in [1.807, 2.05) is 0 Å². The molecule has 5 nitrogen and oxygen atoms in total. The number of aliphatic carboxylic acids is 1. The molecule has 23 heavy (non-hydrogen) atoms. The van der Waals surface area contributed by atoms with E-state index in [9.17, 15) is 19.1 Å². The van der Waals surface area contributed by atoms with Crippen molar-refractivity contribution in [2.75, 3.05) is 7.11 Å². The van der Waals surface area contributed by atoms with Crippen molar-refractivity contribution < 1.29 is 23.8 Å². The molecule has 1 atom stereocenters. The molecule has 0 aromatic heterocycles. The monoisotopic (exact) mass is 317 g/mol. The van der Waals surface area contributed by atoms with Crippen molar-refractivity contribution in [1.29, 1.82) is 0 Å². The summed E-state index contributed by atoms with van der Waals surface area (Å²) in [6, 6.07) is 10.8. The summed E-state index contributed by atoms with van der Waals surface area (Å²) in [6.07, 6.45) is 0.111. The molecule has 0 aliphatic heterocycles. The largest absolute Gasteiger partial charge is 0.497 e. The first-order chi connectivity index (χ1) is 11.0. The third-order valence-electron chi connectivity index (χ3n) is 3.29. The smallest absolute Gasteiger partial charge is 0.326 e.